The minimum Gasteiger partial charge on any atom is -0.369 e. The van der Waals surface area contributed by atoms with E-state index in [1.165, 1.54) is 18.2 Å². The van der Waals surface area contributed by atoms with Crippen LogP contribution < -0.4 is 11.5 Å². The zero-order valence-electron chi connectivity index (χ0n) is 14.6. The topological polar surface area (TPSA) is 84.9 Å². The zero-order chi connectivity index (χ0) is 19.6. The zero-order valence-corrected chi connectivity index (χ0v) is 14.6. The van der Waals surface area contributed by atoms with Crippen molar-refractivity contribution in [2.24, 2.45) is 11.5 Å². The number of carbonyl (C=O) groups is 1. The predicted octanol–water partition coefficient (Wildman–Crippen LogP) is 3.95. The van der Waals surface area contributed by atoms with Crippen LogP contribution in [0.4, 0.5) is 13.2 Å². The fourth-order valence-electron chi connectivity index (χ4n) is 3.21. The number of carbonyl (C=O) groups excluding carboxylic acids is 1. The number of nitrogens with one attached hydrogen (secondary N) is 1. The molecule has 4 nitrogen and oxygen atoms in total. The van der Waals surface area contributed by atoms with Gasteiger partial charge in [0.05, 0.1) is 17.8 Å². The molecule has 4 rings (SSSR count). The molecule has 27 heavy (non-hydrogen) atoms. The van der Waals surface area contributed by atoms with Crippen LogP contribution in [0.5, 0.6) is 0 Å². The predicted molar refractivity (Wildman–Crippen MR) is 98.4 cm³/mol. The third-order valence-corrected chi connectivity index (χ3v) is 4.71. The number of aromatic amines is 1. The molecule has 5 N–H and O–H groups in total. The standard InChI is InChI=1S/C18H14F3N.C2H6N2O/c19-12-6-4-11(5-7-12)17-16(10-2-1-3-10)14-8-13(20)9-15(21)18(14)22-17;3-1-2(4)5/h4-10,22H,1-3H2;1,3H2,(H2,4,5). The normalized spacial score (nSPS) is 13.8. The first-order valence-electron chi connectivity index (χ1n) is 8.65. The highest BCUT2D eigenvalue weighted by Gasteiger charge is 2.27. The first-order chi connectivity index (χ1) is 12.9. The smallest absolute Gasteiger partial charge is 0.231 e. The average Bonchev–Trinajstić information content (AvgIpc) is 2.94. The van der Waals surface area contributed by atoms with Crippen molar-refractivity contribution in [1.29, 1.82) is 0 Å². The van der Waals surface area contributed by atoms with Gasteiger partial charge in [-0.15, -0.1) is 0 Å². The SMILES string of the molecule is Fc1ccc(-c2[nH]c3c(F)cc(F)cc3c2C2CCC2)cc1.NCC(N)=O. The number of fused-ring (bicyclic) bond motifs is 1. The maximum absolute atomic E-state index is 14.1. The van der Waals surface area contributed by atoms with Crippen molar-refractivity contribution in [2.45, 2.75) is 25.2 Å². The van der Waals surface area contributed by atoms with Crippen LogP contribution in [-0.4, -0.2) is 17.4 Å². The van der Waals surface area contributed by atoms with E-state index in [2.05, 4.69) is 10.7 Å². The average molecular weight is 375 g/mol. The van der Waals surface area contributed by atoms with Gasteiger partial charge in [0.2, 0.25) is 5.91 Å². The van der Waals surface area contributed by atoms with Gasteiger partial charge in [-0.1, -0.05) is 6.42 Å². The van der Waals surface area contributed by atoms with Gasteiger partial charge in [-0.05, 0) is 60.2 Å². The van der Waals surface area contributed by atoms with Gasteiger partial charge in [0.1, 0.15) is 17.5 Å². The third kappa shape index (κ3) is 3.98. The maximum Gasteiger partial charge on any atom is 0.231 e. The molecule has 2 aromatic carbocycles. The van der Waals surface area contributed by atoms with Gasteiger partial charge in [0, 0.05) is 11.5 Å². The van der Waals surface area contributed by atoms with E-state index in [1.807, 2.05) is 0 Å². The molecule has 0 bridgehead atoms. The Kier molecular flexibility index (Phi) is 5.51. The van der Waals surface area contributed by atoms with Crippen molar-refractivity contribution in [1.82, 2.24) is 4.98 Å². The summed E-state index contributed by atoms with van der Waals surface area (Å²) >= 11 is 0. The van der Waals surface area contributed by atoms with Crippen molar-refractivity contribution in [2.75, 3.05) is 6.54 Å². The van der Waals surface area contributed by atoms with E-state index >= 15 is 0 Å². The number of halogens is 3. The minimum atomic E-state index is -0.594. The molecule has 1 aromatic heterocycles. The summed E-state index contributed by atoms with van der Waals surface area (Å²) in [5.74, 6) is -1.65. The van der Waals surface area contributed by atoms with Crippen LogP contribution in [-0.2, 0) is 4.79 Å². The van der Waals surface area contributed by atoms with Crippen LogP contribution in [0.15, 0.2) is 36.4 Å². The molecule has 0 saturated heterocycles. The number of H-pyrrole nitrogens is 1. The molecule has 0 aliphatic heterocycles. The summed E-state index contributed by atoms with van der Waals surface area (Å²) in [6, 6.07) is 8.35. The van der Waals surface area contributed by atoms with Gasteiger partial charge in [-0.2, -0.15) is 0 Å². The van der Waals surface area contributed by atoms with Crippen LogP contribution in [0.25, 0.3) is 22.2 Å². The van der Waals surface area contributed by atoms with Crippen molar-refractivity contribution >= 4 is 16.8 Å². The number of amides is 1. The number of benzene rings is 2. The van der Waals surface area contributed by atoms with Crippen LogP contribution in [0.3, 0.4) is 0 Å². The summed E-state index contributed by atoms with van der Waals surface area (Å²) in [7, 11) is 0. The highest BCUT2D eigenvalue weighted by Crippen LogP contribution is 2.45. The molecule has 1 saturated carbocycles. The summed E-state index contributed by atoms with van der Waals surface area (Å²) in [4.78, 5) is 12.5. The number of nitrogens with two attached hydrogens (primary N) is 2. The van der Waals surface area contributed by atoms with E-state index in [0.29, 0.717) is 16.8 Å². The highest BCUT2D eigenvalue weighted by molar-refractivity contribution is 5.92. The van der Waals surface area contributed by atoms with Crippen molar-refractivity contribution < 1.29 is 18.0 Å². The lowest BCUT2D eigenvalue weighted by molar-refractivity contribution is -0.116. The number of hydrogen-bond donors (Lipinski definition) is 3. The molecule has 7 heteroatoms. The van der Waals surface area contributed by atoms with Crippen LogP contribution in [0.1, 0.15) is 30.7 Å². The summed E-state index contributed by atoms with van der Waals surface area (Å²) in [6.07, 6.45) is 3.15. The van der Waals surface area contributed by atoms with Crippen LogP contribution in [0.2, 0.25) is 0 Å². The maximum atomic E-state index is 14.1. The Balaban J connectivity index is 0.000000376. The second kappa shape index (κ2) is 7.84. The van der Waals surface area contributed by atoms with Gasteiger partial charge in [-0.25, -0.2) is 13.2 Å². The first-order valence-corrected chi connectivity index (χ1v) is 8.65. The fraction of sp³-hybridized carbons (Fsp3) is 0.250. The monoisotopic (exact) mass is 375 g/mol. The lowest BCUT2D eigenvalue weighted by Gasteiger charge is -2.26. The van der Waals surface area contributed by atoms with E-state index in [-0.39, 0.29) is 12.4 Å². The van der Waals surface area contributed by atoms with Crippen molar-refractivity contribution in [3.8, 4) is 11.3 Å². The molecule has 3 aromatic rings. The second-order valence-electron chi connectivity index (χ2n) is 6.53. The molecule has 142 valence electrons. The van der Waals surface area contributed by atoms with Crippen molar-refractivity contribution in [3.63, 3.8) is 0 Å². The molecule has 1 aliphatic rings. The molecule has 1 fully saturated rings. The Bertz CT molecular complexity index is 963. The van der Waals surface area contributed by atoms with Gasteiger partial charge >= 0.3 is 0 Å². The lowest BCUT2D eigenvalue weighted by Crippen LogP contribution is -2.21. The highest BCUT2D eigenvalue weighted by atomic mass is 19.1. The molecular weight excluding hydrogens is 355 g/mol. The van der Waals surface area contributed by atoms with Gasteiger partial charge in [-0.3, -0.25) is 4.79 Å². The Labute approximate surface area is 154 Å². The number of aromatic nitrogens is 1. The lowest BCUT2D eigenvalue weighted by atomic mass is 9.78. The Hall–Kier alpha value is -2.80. The van der Waals surface area contributed by atoms with E-state index in [0.717, 1.165) is 42.1 Å². The molecule has 1 heterocycles. The second-order valence-corrected chi connectivity index (χ2v) is 6.53. The molecule has 1 amide bonds. The molecule has 0 radical (unpaired) electrons. The van der Waals surface area contributed by atoms with Gasteiger partial charge in [0.15, 0.2) is 0 Å². The van der Waals surface area contributed by atoms with E-state index in [4.69, 9.17) is 5.73 Å². The van der Waals surface area contributed by atoms with E-state index < -0.39 is 17.5 Å². The van der Waals surface area contributed by atoms with Crippen LogP contribution in [0, 0.1) is 17.5 Å². The van der Waals surface area contributed by atoms with Gasteiger partial charge < -0.3 is 16.5 Å². The minimum absolute atomic E-state index is 0.0556. The number of primary amides is 1. The van der Waals surface area contributed by atoms with Crippen LogP contribution >= 0.6 is 0 Å². The molecular formula is C20H20F3N3O. The summed E-state index contributed by atoms with van der Waals surface area (Å²) in [5.41, 5.74) is 12.1. The number of rotatable bonds is 3. The Morgan fingerprint density at radius 2 is 1.70 bits per heavy atom. The Morgan fingerprint density at radius 1 is 1.07 bits per heavy atom. The summed E-state index contributed by atoms with van der Waals surface area (Å²) < 4.78 is 40.8. The largest absolute Gasteiger partial charge is 0.369 e. The quantitative estimate of drug-likeness (QED) is 0.648. The first kappa shape index (κ1) is 19.0. The fourth-order valence-corrected chi connectivity index (χ4v) is 3.21. The molecule has 0 spiro atoms. The Morgan fingerprint density at radius 3 is 2.22 bits per heavy atom. The summed E-state index contributed by atoms with van der Waals surface area (Å²) in [6.45, 7) is -0.0556. The molecule has 0 atom stereocenters. The van der Waals surface area contributed by atoms with Gasteiger partial charge in [0.25, 0.3) is 0 Å². The number of hydrogen-bond acceptors (Lipinski definition) is 2. The molecule has 1 aliphatic carbocycles. The summed E-state index contributed by atoms with van der Waals surface area (Å²) in [5, 5.41) is 0.599. The van der Waals surface area contributed by atoms with E-state index in [1.54, 1.807) is 12.1 Å². The van der Waals surface area contributed by atoms with E-state index in [9.17, 15) is 18.0 Å². The molecule has 0 unspecified atom stereocenters. The van der Waals surface area contributed by atoms with Crippen molar-refractivity contribution in [3.05, 3.63) is 59.4 Å². The third-order valence-electron chi connectivity index (χ3n) is 4.71.